The van der Waals surface area contributed by atoms with Crippen LogP contribution in [0.25, 0.3) is 10.9 Å². The molecule has 1 saturated carbocycles. The van der Waals surface area contributed by atoms with Crippen molar-refractivity contribution in [2.45, 2.75) is 62.4 Å². The maximum absolute atomic E-state index is 13.6. The molecule has 1 unspecified atom stereocenters. The van der Waals surface area contributed by atoms with Gasteiger partial charge in [0.2, 0.25) is 10.0 Å². The second-order valence-electron chi connectivity index (χ2n) is 12.0. The number of benzene rings is 1. The first-order valence-electron chi connectivity index (χ1n) is 14.7. The lowest BCUT2D eigenvalue weighted by Crippen LogP contribution is -2.53. The van der Waals surface area contributed by atoms with Crippen LogP contribution in [0.5, 0.6) is 0 Å². The van der Waals surface area contributed by atoms with Crippen LogP contribution in [-0.4, -0.2) is 98.6 Å². The first kappa shape index (κ1) is 26.4. The molecule has 1 N–H and O–H groups in total. The van der Waals surface area contributed by atoms with Gasteiger partial charge in [0.05, 0.1) is 23.6 Å². The Morgan fingerprint density at radius 1 is 1.00 bits per heavy atom. The number of hydrogen-bond donors (Lipinski definition) is 1. The van der Waals surface area contributed by atoms with E-state index in [1.807, 2.05) is 18.2 Å². The van der Waals surface area contributed by atoms with Crippen LogP contribution < -0.4 is 5.32 Å². The van der Waals surface area contributed by atoms with Crippen molar-refractivity contribution < 1.29 is 13.2 Å². The van der Waals surface area contributed by atoms with Crippen LogP contribution in [-0.2, 0) is 14.8 Å². The molecule has 6 rings (SSSR count). The number of ether oxygens (including phenoxy) is 1. The van der Waals surface area contributed by atoms with E-state index in [0.29, 0.717) is 36.0 Å². The zero-order chi connectivity index (χ0) is 26.1. The standard InChI is InChI=1S/C29H43N5O3S/c1-22-8-11-32(12-9-22)20-23-3-2-10-34(21-23)38(35,36)27-5-6-28-24(17-27)4-7-29(31-28)30-25-18-26(19-25)33-13-15-37-16-14-33/h4-7,17,22-23,25-26H,2-3,8-16,18-21H2,1H3,(H,30,31). The van der Waals surface area contributed by atoms with Crippen molar-refractivity contribution in [1.29, 1.82) is 0 Å². The van der Waals surface area contributed by atoms with Crippen molar-refractivity contribution in [3.05, 3.63) is 30.3 Å². The topological polar surface area (TPSA) is 78.0 Å². The molecule has 0 spiro atoms. The average Bonchev–Trinajstić information content (AvgIpc) is 2.92. The summed E-state index contributed by atoms with van der Waals surface area (Å²) >= 11 is 0. The molecule has 4 fully saturated rings. The smallest absolute Gasteiger partial charge is 0.243 e. The number of nitrogens with one attached hydrogen (secondary N) is 1. The van der Waals surface area contributed by atoms with Gasteiger partial charge in [-0.1, -0.05) is 6.92 Å². The molecule has 0 radical (unpaired) electrons. The molecule has 3 aliphatic heterocycles. The van der Waals surface area contributed by atoms with E-state index in [-0.39, 0.29) is 0 Å². The van der Waals surface area contributed by atoms with E-state index in [1.165, 1.54) is 12.8 Å². The van der Waals surface area contributed by atoms with E-state index in [0.717, 1.165) is 94.3 Å². The van der Waals surface area contributed by atoms with Crippen molar-refractivity contribution in [3.8, 4) is 0 Å². The molecule has 1 aliphatic carbocycles. The first-order valence-corrected chi connectivity index (χ1v) is 16.1. The van der Waals surface area contributed by atoms with Crippen molar-refractivity contribution >= 4 is 26.7 Å². The number of morpholine rings is 1. The minimum atomic E-state index is -3.52. The van der Waals surface area contributed by atoms with Gasteiger partial charge in [-0.25, -0.2) is 13.4 Å². The highest BCUT2D eigenvalue weighted by Crippen LogP contribution is 2.31. The largest absolute Gasteiger partial charge is 0.379 e. The van der Waals surface area contributed by atoms with Crippen molar-refractivity contribution in [2.75, 3.05) is 64.3 Å². The van der Waals surface area contributed by atoms with Crippen molar-refractivity contribution in [3.63, 3.8) is 0 Å². The Bertz CT molecular complexity index is 1200. The van der Waals surface area contributed by atoms with Crippen LogP contribution in [0.3, 0.4) is 0 Å². The van der Waals surface area contributed by atoms with Gasteiger partial charge in [0.25, 0.3) is 0 Å². The third kappa shape index (κ3) is 5.87. The maximum atomic E-state index is 13.6. The normalized spacial score (nSPS) is 28.8. The second-order valence-corrected chi connectivity index (χ2v) is 14.0. The predicted molar refractivity (Wildman–Crippen MR) is 151 cm³/mol. The highest BCUT2D eigenvalue weighted by molar-refractivity contribution is 7.89. The summed E-state index contributed by atoms with van der Waals surface area (Å²) < 4.78 is 34.4. The summed E-state index contributed by atoms with van der Waals surface area (Å²) in [7, 11) is -3.52. The van der Waals surface area contributed by atoms with E-state index < -0.39 is 10.0 Å². The Kier molecular flexibility index (Phi) is 7.91. The molecule has 1 atom stereocenters. The van der Waals surface area contributed by atoms with Crippen LogP contribution >= 0.6 is 0 Å². The van der Waals surface area contributed by atoms with Crippen LogP contribution in [0.1, 0.15) is 45.4 Å². The summed E-state index contributed by atoms with van der Waals surface area (Å²) in [4.78, 5) is 10.3. The Morgan fingerprint density at radius 3 is 2.58 bits per heavy atom. The summed E-state index contributed by atoms with van der Waals surface area (Å²) in [5.41, 5.74) is 0.828. The first-order chi connectivity index (χ1) is 18.4. The molecule has 9 heteroatoms. The third-order valence-electron chi connectivity index (χ3n) is 9.20. The van der Waals surface area contributed by atoms with Gasteiger partial charge in [-0.15, -0.1) is 0 Å². The molecule has 0 bridgehead atoms. The third-order valence-corrected chi connectivity index (χ3v) is 11.1. The summed E-state index contributed by atoms with van der Waals surface area (Å²) in [6, 6.07) is 10.5. The van der Waals surface area contributed by atoms with Crippen LogP contribution in [0.15, 0.2) is 35.2 Å². The minimum absolute atomic E-state index is 0.382. The van der Waals surface area contributed by atoms with Crippen molar-refractivity contribution in [2.24, 2.45) is 11.8 Å². The minimum Gasteiger partial charge on any atom is -0.379 e. The number of nitrogens with zero attached hydrogens (tertiary/aromatic N) is 4. The van der Waals surface area contributed by atoms with Gasteiger partial charge < -0.3 is 15.0 Å². The number of piperidine rings is 2. The number of hydrogen-bond acceptors (Lipinski definition) is 7. The fourth-order valence-electron chi connectivity index (χ4n) is 6.65. The summed E-state index contributed by atoms with van der Waals surface area (Å²) in [6.45, 7) is 10.6. The number of likely N-dealkylation sites (tertiary alicyclic amines) is 1. The van der Waals surface area contributed by atoms with Gasteiger partial charge in [0.15, 0.2) is 0 Å². The molecule has 38 heavy (non-hydrogen) atoms. The number of rotatable bonds is 7. The predicted octanol–water partition coefficient (Wildman–Crippen LogP) is 3.64. The van der Waals surface area contributed by atoms with Gasteiger partial charge >= 0.3 is 0 Å². The van der Waals surface area contributed by atoms with E-state index in [4.69, 9.17) is 9.72 Å². The van der Waals surface area contributed by atoms with E-state index in [2.05, 4.69) is 22.0 Å². The Labute approximate surface area is 227 Å². The highest BCUT2D eigenvalue weighted by Gasteiger charge is 2.35. The van der Waals surface area contributed by atoms with Gasteiger partial charge in [-0.05, 0) is 93.8 Å². The SMILES string of the molecule is CC1CCN(CC2CCCN(S(=O)(=O)c3ccc4nc(NC5CC(N6CCOCC6)C5)ccc4c3)C2)CC1. The second kappa shape index (κ2) is 11.4. The highest BCUT2D eigenvalue weighted by atomic mass is 32.2. The number of sulfonamides is 1. The number of pyridine rings is 1. The molecule has 8 nitrogen and oxygen atoms in total. The van der Waals surface area contributed by atoms with Crippen LogP contribution in [0.2, 0.25) is 0 Å². The van der Waals surface area contributed by atoms with E-state index in [9.17, 15) is 8.42 Å². The molecular formula is C29H43N5O3S. The monoisotopic (exact) mass is 541 g/mol. The quantitative estimate of drug-likeness (QED) is 0.573. The maximum Gasteiger partial charge on any atom is 0.243 e. The summed E-state index contributed by atoms with van der Waals surface area (Å²) in [5, 5.41) is 4.45. The van der Waals surface area contributed by atoms with Gasteiger partial charge in [0.1, 0.15) is 5.82 Å². The van der Waals surface area contributed by atoms with Crippen LogP contribution in [0.4, 0.5) is 5.82 Å². The van der Waals surface area contributed by atoms with E-state index in [1.54, 1.807) is 16.4 Å². The molecule has 4 heterocycles. The lowest BCUT2D eigenvalue weighted by Gasteiger charge is -2.44. The number of fused-ring (bicyclic) bond motifs is 1. The fraction of sp³-hybridized carbons (Fsp3) is 0.690. The van der Waals surface area contributed by atoms with Crippen LogP contribution in [0, 0.1) is 11.8 Å². The molecule has 1 aromatic heterocycles. The molecule has 3 saturated heterocycles. The Hall–Kier alpha value is -1.78. The molecule has 208 valence electrons. The van der Waals surface area contributed by atoms with Gasteiger partial charge in [0, 0.05) is 50.2 Å². The lowest BCUT2D eigenvalue weighted by atomic mass is 9.85. The zero-order valence-electron chi connectivity index (χ0n) is 22.7. The zero-order valence-corrected chi connectivity index (χ0v) is 23.5. The summed E-state index contributed by atoms with van der Waals surface area (Å²) in [5.74, 6) is 2.09. The number of aromatic nitrogens is 1. The lowest BCUT2D eigenvalue weighted by molar-refractivity contribution is -0.00439. The Morgan fingerprint density at radius 2 is 1.79 bits per heavy atom. The molecular weight excluding hydrogens is 498 g/mol. The fourth-order valence-corrected chi connectivity index (χ4v) is 8.24. The molecule has 4 aliphatic rings. The van der Waals surface area contributed by atoms with Gasteiger partial charge in [-0.2, -0.15) is 4.31 Å². The Balaban J connectivity index is 1.07. The number of anilines is 1. The van der Waals surface area contributed by atoms with E-state index >= 15 is 0 Å². The average molecular weight is 542 g/mol. The summed E-state index contributed by atoms with van der Waals surface area (Å²) in [6.07, 6.45) is 6.82. The van der Waals surface area contributed by atoms with Crippen molar-refractivity contribution in [1.82, 2.24) is 19.1 Å². The molecule has 1 aromatic carbocycles. The molecule has 0 amide bonds. The van der Waals surface area contributed by atoms with Gasteiger partial charge in [-0.3, -0.25) is 4.90 Å². The molecule has 2 aromatic rings.